The van der Waals surface area contributed by atoms with Crippen LogP contribution in [0, 0.1) is 0 Å². The van der Waals surface area contributed by atoms with Crippen molar-refractivity contribution in [1.29, 1.82) is 0 Å². The third kappa shape index (κ3) is 3.27. The molecule has 0 radical (unpaired) electrons. The fraction of sp³-hybridized carbons (Fsp3) is 0.429. The highest BCUT2D eigenvalue weighted by molar-refractivity contribution is 9.10. The van der Waals surface area contributed by atoms with E-state index < -0.39 is 0 Å². The van der Waals surface area contributed by atoms with Crippen molar-refractivity contribution in [2.75, 3.05) is 12.4 Å². The second kappa shape index (κ2) is 6.38. The van der Waals surface area contributed by atoms with Gasteiger partial charge in [0.1, 0.15) is 0 Å². The largest absolute Gasteiger partial charge is 0.295 e. The van der Waals surface area contributed by atoms with Crippen molar-refractivity contribution in [1.82, 2.24) is 4.90 Å². The first-order valence-corrected chi connectivity index (χ1v) is 8.28. The van der Waals surface area contributed by atoms with Crippen molar-refractivity contribution in [2.24, 2.45) is 0 Å². The SMILES string of the molecule is CC(C)N(CCCl)Cc1csc2ccc(Br)cc12. The van der Waals surface area contributed by atoms with Gasteiger partial charge in [0.25, 0.3) is 0 Å². The van der Waals surface area contributed by atoms with Gasteiger partial charge in [-0.25, -0.2) is 0 Å². The van der Waals surface area contributed by atoms with Crippen molar-refractivity contribution in [3.8, 4) is 0 Å². The van der Waals surface area contributed by atoms with Crippen molar-refractivity contribution < 1.29 is 0 Å². The lowest BCUT2D eigenvalue weighted by Crippen LogP contribution is -2.31. The Balaban J connectivity index is 2.27. The van der Waals surface area contributed by atoms with Crippen LogP contribution in [0.3, 0.4) is 0 Å². The van der Waals surface area contributed by atoms with E-state index in [4.69, 9.17) is 11.6 Å². The number of hydrogen-bond donors (Lipinski definition) is 0. The third-order valence-electron chi connectivity index (χ3n) is 3.09. The van der Waals surface area contributed by atoms with Crippen LogP contribution < -0.4 is 0 Å². The van der Waals surface area contributed by atoms with Gasteiger partial charge in [-0.15, -0.1) is 22.9 Å². The maximum absolute atomic E-state index is 5.88. The molecule has 2 rings (SSSR count). The Hall–Kier alpha value is -0.0900. The van der Waals surface area contributed by atoms with Gasteiger partial charge in [0.05, 0.1) is 0 Å². The molecule has 0 aliphatic rings. The molecule has 0 amide bonds. The molecule has 0 aliphatic heterocycles. The molecule has 4 heteroatoms. The number of alkyl halides is 1. The van der Waals surface area contributed by atoms with Crippen LogP contribution in [0.5, 0.6) is 0 Å². The zero-order valence-corrected chi connectivity index (χ0v) is 13.8. The molecule has 0 bridgehead atoms. The second-order valence-electron chi connectivity index (χ2n) is 4.65. The van der Waals surface area contributed by atoms with E-state index in [-0.39, 0.29) is 0 Å². The first-order chi connectivity index (χ1) is 8.61. The van der Waals surface area contributed by atoms with Crippen LogP contribution in [0.1, 0.15) is 19.4 Å². The van der Waals surface area contributed by atoms with Crippen LogP contribution in [-0.2, 0) is 6.54 Å². The minimum Gasteiger partial charge on any atom is -0.295 e. The molecule has 1 aromatic carbocycles. The Bertz CT molecular complexity index is 523. The van der Waals surface area contributed by atoms with Crippen LogP contribution in [0.2, 0.25) is 0 Å². The number of nitrogens with zero attached hydrogens (tertiary/aromatic N) is 1. The van der Waals surface area contributed by atoms with Gasteiger partial charge in [0.15, 0.2) is 0 Å². The van der Waals surface area contributed by atoms with E-state index in [9.17, 15) is 0 Å². The van der Waals surface area contributed by atoms with Crippen LogP contribution in [0.25, 0.3) is 10.1 Å². The normalized spacial score (nSPS) is 11.9. The van der Waals surface area contributed by atoms with Gasteiger partial charge in [0, 0.05) is 34.2 Å². The second-order valence-corrected chi connectivity index (χ2v) is 6.86. The first-order valence-electron chi connectivity index (χ1n) is 6.07. The summed E-state index contributed by atoms with van der Waals surface area (Å²) < 4.78 is 2.49. The van der Waals surface area contributed by atoms with Crippen LogP contribution >= 0.6 is 38.9 Å². The van der Waals surface area contributed by atoms with Crippen LogP contribution in [-0.4, -0.2) is 23.4 Å². The number of hydrogen-bond acceptors (Lipinski definition) is 2. The van der Waals surface area contributed by atoms with Gasteiger partial charge in [-0.3, -0.25) is 4.90 Å². The average Bonchev–Trinajstić information content (AvgIpc) is 2.71. The molecule has 1 aromatic heterocycles. The summed E-state index contributed by atoms with van der Waals surface area (Å²) in [6.45, 7) is 6.35. The summed E-state index contributed by atoms with van der Waals surface area (Å²) in [5, 5.41) is 3.62. The van der Waals surface area contributed by atoms with Gasteiger partial charge >= 0.3 is 0 Å². The molecule has 0 unspecified atom stereocenters. The standard InChI is InChI=1S/C14H17BrClNS/c1-10(2)17(6-5-16)8-11-9-18-14-4-3-12(15)7-13(11)14/h3-4,7,9-10H,5-6,8H2,1-2H3. The molecule has 2 aromatic rings. The van der Waals surface area contributed by atoms with Gasteiger partial charge in [-0.1, -0.05) is 15.9 Å². The van der Waals surface area contributed by atoms with Crippen LogP contribution in [0.4, 0.5) is 0 Å². The molecule has 0 saturated heterocycles. The summed E-state index contributed by atoms with van der Waals surface area (Å²) in [5.74, 6) is 0.684. The topological polar surface area (TPSA) is 3.24 Å². The number of benzene rings is 1. The summed E-state index contributed by atoms with van der Waals surface area (Å²) >= 11 is 11.2. The number of fused-ring (bicyclic) bond motifs is 1. The molecule has 98 valence electrons. The summed E-state index contributed by atoms with van der Waals surface area (Å²) in [6, 6.07) is 7.00. The molecular weight excluding hydrogens is 330 g/mol. The van der Waals surface area contributed by atoms with Crippen molar-refractivity contribution in [3.05, 3.63) is 33.6 Å². The Kier molecular flexibility index (Phi) is 5.07. The summed E-state index contributed by atoms with van der Waals surface area (Å²) in [5.41, 5.74) is 1.40. The summed E-state index contributed by atoms with van der Waals surface area (Å²) in [4.78, 5) is 2.41. The highest BCUT2D eigenvalue weighted by Crippen LogP contribution is 2.29. The molecule has 0 spiro atoms. The van der Waals surface area contributed by atoms with Gasteiger partial charge in [-0.2, -0.15) is 0 Å². The quantitative estimate of drug-likeness (QED) is 0.680. The van der Waals surface area contributed by atoms with E-state index in [0.29, 0.717) is 11.9 Å². The zero-order chi connectivity index (χ0) is 13.1. The van der Waals surface area contributed by atoms with E-state index >= 15 is 0 Å². The minimum absolute atomic E-state index is 0.519. The Morgan fingerprint density at radius 2 is 2.17 bits per heavy atom. The molecule has 0 N–H and O–H groups in total. The van der Waals surface area contributed by atoms with E-state index in [0.717, 1.165) is 17.6 Å². The molecular formula is C14H17BrClNS. The number of thiophene rings is 1. The van der Waals surface area contributed by atoms with E-state index in [1.807, 2.05) is 11.3 Å². The fourth-order valence-corrected chi connectivity index (χ4v) is 3.54. The molecule has 1 heterocycles. The fourth-order valence-electron chi connectivity index (χ4n) is 2.02. The predicted molar refractivity (Wildman–Crippen MR) is 85.8 cm³/mol. The smallest absolute Gasteiger partial charge is 0.0351 e. The molecule has 0 fully saturated rings. The highest BCUT2D eigenvalue weighted by Gasteiger charge is 2.12. The summed E-state index contributed by atoms with van der Waals surface area (Å²) in [6.07, 6.45) is 0. The molecule has 0 atom stereocenters. The maximum atomic E-state index is 5.88. The minimum atomic E-state index is 0.519. The lowest BCUT2D eigenvalue weighted by Gasteiger charge is -2.25. The van der Waals surface area contributed by atoms with E-state index in [1.54, 1.807) is 0 Å². The van der Waals surface area contributed by atoms with Crippen molar-refractivity contribution >= 4 is 49.0 Å². The van der Waals surface area contributed by atoms with Gasteiger partial charge in [0.2, 0.25) is 0 Å². The monoisotopic (exact) mass is 345 g/mol. The van der Waals surface area contributed by atoms with E-state index in [1.165, 1.54) is 15.6 Å². The maximum Gasteiger partial charge on any atom is 0.0351 e. The van der Waals surface area contributed by atoms with Crippen molar-refractivity contribution in [2.45, 2.75) is 26.4 Å². The first kappa shape index (κ1) is 14.3. The lowest BCUT2D eigenvalue weighted by molar-refractivity contribution is 0.227. The molecule has 18 heavy (non-hydrogen) atoms. The molecule has 0 aliphatic carbocycles. The van der Waals surface area contributed by atoms with Gasteiger partial charge in [-0.05, 0) is 48.4 Å². The number of halogens is 2. The molecule has 1 nitrogen and oxygen atoms in total. The van der Waals surface area contributed by atoms with Crippen molar-refractivity contribution in [3.63, 3.8) is 0 Å². The number of rotatable bonds is 5. The van der Waals surface area contributed by atoms with Crippen LogP contribution in [0.15, 0.2) is 28.1 Å². The Morgan fingerprint density at radius 1 is 1.39 bits per heavy atom. The lowest BCUT2D eigenvalue weighted by atomic mass is 10.1. The summed E-state index contributed by atoms with van der Waals surface area (Å²) in [7, 11) is 0. The Labute approximate surface area is 126 Å². The highest BCUT2D eigenvalue weighted by atomic mass is 79.9. The zero-order valence-electron chi connectivity index (χ0n) is 10.6. The predicted octanol–water partition coefficient (Wildman–Crippen LogP) is 5.11. The Morgan fingerprint density at radius 3 is 2.83 bits per heavy atom. The van der Waals surface area contributed by atoms with Gasteiger partial charge < -0.3 is 0 Å². The van der Waals surface area contributed by atoms with E-state index in [2.05, 4.69) is 58.3 Å². The average molecular weight is 347 g/mol. The molecule has 0 saturated carbocycles. The third-order valence-corrected chi connectivity index (χ3v) is 4.77.